The predicted molar refractivity (Wildman–Crippen MR) is 71.7 cm³/mol. The fourth-order valence-electron chi connectivity index (χ4n) is 1.71. The van der Waals surface area contributed by atoms with E-state index in [1.165, 1.54) is 0 Å². The maximum absolute atomic E-state index is 13.9. The quantitative estimate of drug-likeness (QED) is 0.788. The highest BCUT2D eigenvalue weighted by atomic mass is 32.1. The molecule has 1 N–H and O–H groups in total. The van der Waals surface area contributed by atoms with Crippen LogP contribution in [0.3, 0.4) is 0 Å². The molecule has 90 valence electrons. The minimum Gasteiger partial charge on any atom is -0.313 e. The Labute approximate surface area is 105 Å². The summed E-state index contributed by atoms with van der Waals surface area (Å²) in [6.45, 7) is 3.82. The zero-order valence-electron chi connectivity index (χ0n) is 9.87. The molecule has 0 aliphatic rings. The molecule has 17 heavy (non-hydrogen) atoms. The lowest BCUT2D eigenvalue weighted by Crippen LogP contribution is -2.13. The molecule has 2 rings (SSSR count). The molecular weight excluding hydrogens is 233 g/mol. The Kier molecular flexibility index (Phi) is 4.29. The van der Waals surface area contributed by atoms with Crippen LogP contribution < -0.4 is 5.32 Å². The van der Waals surface area contributed by atoms with E-state index in [4.69, 9.17) is 0 Å². The van der Waals surface area contributed by atoms with Crippen molar-refractivity contribution in [1.82, 2.24) is 5.32 Å². The number of rotatable bonds is 5. The van der Waals surface area contributed by atoms with Gasteiger partial charge in [-0.05, 0) is 36.0 Å². The lowest BCUT2D eigenvalue weighted by Gasteiger charge is -2.06. The molecule has 0 radical (unpaired) electrons. The molecule has 0 unspecified atom stereocenters. The molecule has 1 aromatic carbocycles. The highest BCUT2D eigenvalue weighted by Crippen LogP contribution is 2.27. The second-order valence-corrected chi connectivity index (χ2v) is 4.92. The van der Waals surface area contributed by atoms with E-state index < -0.39 is 0 Å². The summed E-state index contributed by atoms with van der Waals surface area (Å²) >= 11 is 1.56. The van der Waals surface area contributed by atoms with Gasteiger partial charge in [-0.15, -0.1) is 11.3 Å². The maximum atomic E-state index is 13.9. The summed E-state index contributed by atoms with van der Waals surface area (Å²) in [6, 6.07) is 9.36. The van der Waals surface area contributed by atoms with Crippen LogP contribution in [0.2, 0.25) is 0 Å². The molecule has 0 saturated heterocycles. The average molecular weight is 249 g/mol. The molecule has 0 amide bonds. The van der Waals surface area contributed by atoms with Crippen molar-refractivity contribution in [1.29, 1.82) is 0 Å². The van der Waals surface area contributed by atoms with Gasteiger partial charge in [0.1, 0.15) is 5.82 Å². The summed E-state index contributed by atoms with van der Waals surface area (Å²) in [4.78, 5) is 0.982. The Balaban J connectivity index is 2.12. The van der Waals surface area contributed by atoms with Crippen LogP contribution >= 0.6 is 11.3 Å². The molecule has 0 spiro atoms. The topological polar surface area (TPSA) is 12.0 Å². The van der Waals surface area contributed by atoms with Crippen LogP contribution in [0, 0.1) is 5.82 Å². The van der Waals surface area contributed by atoms with Gasteiger partial charge in [-0.3, -0.25) is 0 Å². The van der Waals surface area contributed by atoms with Crippen molar-refractivity contribution in [2.45, 2.75) is 19.9 Å². The number of halogens is 1. The molecule has 0 aliphatic carbocycles. The largest absolute Gasteiger partial charge is 0.313 e. The normalized spacial score (nSPS) is 10.7. The fourth-order valence-corrected chi connectivity index (χ4v) is 2.46. The summed E-state index contributed by atoms with van der Waals surface area (Å²) in [7, 11) is 0. The van der Waals surface area contributed by atoms with E-state index in [9.17, 15) is 4.39 Å². The van der Waals surface area contributed by atoms with Crippen molar-refractivity contribution in [3.8, 4) is 10.4 Å². The molecule has 0 aliphatic heterocycles. The van der Waals surface area contributed by atoms with Crippen molar-refractivity contribution in [2.75, 3.05) is 6.54 Å². The summed E-state index contributed by atoms with van der Waals surface area (Å²) in [6.07, 6.45) is 1.09. The lowest BCUT2D eigenvalue weighted by atomic mass is 10.1. The Hall–Kier alpha value is -1.19. The Morgan fingerprint density at radius 1 is 1.29 bits per heavy atom. The highest BCUT2D eigenvalue weighted by Gasteiger charge is 2.06. The van der Waals surface area contributed by atoms with Gasteiger partial charge in [-0.1, -0.05) is 25.1 Å². The fraction of sp³-hybridized carbons (Fsp3) is 0.286. The third-order valence-corrected chi connectivity index (χ3v) is 3.48. The second kappa shape index (κ2) is 5.94. The van der Waals surface area contributed by atoms with Crippen molar-refractivity contribution in [2.24, 2.45) is 0 Å². The summed E-state index contributed by atoms with van der Waals surface area (Å²) < 4.78 is 13.9. The standard InChI is InChI=1S/C14H16FNS/c1-2-7-16-10-11-5-6-12(13(15)9-11)14-4-3-8-17-14/h3-6,8-9,16H,2,7,10H2,1H3. The van der Waals surface area contributed by atoms with Gasteiger partial charge < -0.3 is 5.32 Å². The minimum absolute atomic E-state index is 0.136. The van der Waals surface area contributed by atoms with Crippen LogP contribution in [0.25, 0.3) is 10.4 Å². The molecule has 1 nitrogen and oxygen atoms in total. The molecule has 0 atom stereocenters. The molecule has 1 heterocycles. The first kappa shape index (κ1) is 12.3. The van der Waals surface area contributed by atoms with E-state index in [-0.39, 0.29) is 5.82 Å². The second-order valence-electron chi connectivity index (χ2n) is 3.97. The van der Waals surface area contributed by atoms with Crippen LogP contribution in [0.4, 0.5) is 4.39 Å². The van der Waals surface area contributed by atoms with Crippen molar-refractivity contribution in [3.05, 3.63) is 47.1 Å². The van der Waals surface area contributed by atoms with Crippen LogP contribution in [0.1, 0.15) is 18.9 Å². The van der Waals surface area contributed by atoms with Crippen molar-refractivity contribution >= 4 is 11.3 Å². The minimum atomic E-state index is -0.136. The monoisotopic (exact) mass is 249 g/mol. The van der Waals surface area contributed by atoms with Gasteiger partial charge in [0, 0.05) is 17.0 Å². The smallest absolute Gasteiger partial charge is 0.132 e. The third-order valence-electron chi connectivity index (χ3n) is 2.58. The first-order chi connectivity index (χ1) is 8.31. The van der Waals surface area contributed by atoms with E-state index in [2.05, 4.69) is 12.2 Å². The zero-order valence-corrected chi connectivity index (χ0v) is 10.7. The predicted octanol–water partition coefficient (Wildman–Crippen LogP) is 4.05. The van der Waals surface area contributed by atoms with Gasteiger partial charge in [0.25, 0.3) is 0 Å². The van der Waals surface area contributed by atoms with Crippen LogP contribution in [0.5, 0.6) is 0 Å². The Morgan fingerprint density at radius 3 is 2.82 bits per heavy atom. The van der Waals surface area contributed by atoms with E-state index in [1.54, 1.807) is 17.4 Å². The summed E-state index contributed by atoms with van der Waals surface area (Å²) in [5.74, 6) is -0.136. The molecule has 3 heteroatoms. The molecule has 0 bridgehead atoms. The molecule has 0 fully saturated rings. The number of hydrogen-bond donors (Lipinski definition) is 1. The third kappa shape index (κ3) is 3.14. The molecule has 0 saturated carbocycles. The molecule has 2 aromatic rings. The van der Waals surface area contributed by atoms with Crippen LogP contribution in [-0.2, 0) is 6.54 Å². The molecule has 1 aromatic heterocycles. The Morgan fingerprint density at radius 2 is 2.18 bits per heavy atom. The SMILES string of the molecule is CCCNCc1ccc(-c2cccs2)c(F)c1. The first-order valence-corrected chi connectivity index (χ1v) is 6.72. The number of benzene rings is 1. The number of nitrogens with one attached hydrogen (secondary N) is 1. The van der Waals surface area contributed by atoms with Gasteiger partial charge >= 0.3 is 0 Å². The summed E-state index contributed by atoms with van der Waals surface area (Å²) in [5.41, 5.74) is 1.69. The van der Waals surface area contributed by atoms with Crippen LogP contribution in [0.15, 0.2) is 35.7 Å². The zero-order chi connectivity index (χ0) is 12.1. The Bertz CT molecular complexity index is 465. The maximum Gasteiger partial charge on any atom is 0.132 e. The highest BCUT2D eigenvalue weighted by molar-refractivity contribution is 7.13. The van der Waals surface area contributed by atoms with E-state index >= 15 is 0 Å². The van der Waals surface area contributed by atoms with Crippen molar-refractivity contribution < 1.29 is 4.39 Å². The number of thiophene rings is 1. The average Bonchev–Trinajstić information content (AvgIpc) is 2.83. The van der Waals surface area contributed by atoms with Crippen LogP contribution in [-0.4, -0.2) is 6.54 Å². The van der Waals surface area contributed by atoms with Gasteiger partial charge in [0.05, 0.1) is 0 Å². The van der Waals surface area contributed by atoms with E-state index in [0.717, 1.165) is 30.0 Å². The first-order valence-electron chi connectivity index (χ1n) is 5.84. The van der Waals surface area contributed by atoms with Gasteiger partial charge in [-0.25, -0.2) is 4.39 Å². The lowest BCUT2D eigenvalue weighted by molar-refractivity contribution is 0.622. The van der Waals surface area contributed by atoms with E-state index in [1.807, 2.05) is 29.6 Å². The van der Waals surface area contributed by atoms with Crippen molar-refractivity contribution in [3.63, 3.8) is 0 Å². The molecular formula is C14H16FNS. The van der Waals surface area contributed by atoms with Gasteiger partial charge in [0.2, 0.25) is 0 Å². The summed E-state index contributed by atoms with van der Waals surface area (Å²) in [5, 5.41) is 5.23. The van der Waals surface area contributed by atoms with E-state index in [0.29, 0.717) is 5.56 Å². The van der Waals surface area contributed by atoms with Gasteiger partial charge in [0.15, 0.2) is 0 Å². The van der Waals surface area contributed by atoms with Gasteiger partial charge in [-0.2, -0.15) is 0 Å². The number of hydrogen-bond acceptors (Lipinski definition) is 2.